The molecular formula is C17H27NSi-. The summed E-state index contributed by atoms with van der Waals surface area (Å²) in [6, 6.07) is 11.1. The summed E-state index contributed by atoms with van der Waals surface area (Å²) in [5, 5.41) is 1.38. The van der Waals surface area contributed by atoms with Crippen molar-refractivity contribution in [2.24, 2.45) is 0 Å². The standard InChI is InChI=1S/C17H27NSi/c1-13(2)19(14(3)4,15(5)6)18-12-11-16-9-7-8-10-17(16)18/h7-15H,1-6H3/q-1. The van der Waals surface area contributed by atoms with Crippen LogP contribution in [0.25, 0.3) is 10.9 Å². The minimum Gasteiger partial charge on any atom is -0.499 e. The van der Waals surface area contributed by atoms with E-state index in [0.717, 1.165) is 16.6 Å². The van der Waals surface area contributed by atoms with Crippen LogP contribution >= 0.6 is 0 Å². The highest BCUT2D eigenvalue weighted by Gasteiger charge is 2.33. The van der Waals surface area contributed by atoms with E-state index in [1.165, 1.54) is 10.9 Å². The Morgan fingerprint density at radius 1 is 0.789 bits per heavy atom. The monoisotopic (exact) mass is 273 g/mol. The van der Waals surface area contributed by atoms with Crippen LogP contribution in [0.3, 0.4) is 0 Å². The maximum absolute atomic E-state index is 2.67. The van der Waals surface area contributed by atoms with Crippen LogP contribution in [0.2, 0.25) is 16.6 Å². The van der Waals surface area contributed by atoms with Gasteiger partial charge in [0.2, 0.25) is 0 Å². The average Bonchev–Trinajstić information content (AvgIpc) is 2.73. The smallest absolute Gasteiger partial charge is 0.0118 e. The molecule has 0 fully saturated rings. The van der Waals surface area contributed by atoms with Gasteiger partial charge in [-0.15, -0.1) is 16.6 Å². The Bertz CT molecular complexity index is 529. The first-order valence-corrected chi connectivity index (χ1v) is 9.66. The number of nitrogens with zero attached hydrogens (tertiary/aromatic N) is 1. The van der Waals surface area contributed by atoms with E-state index in [1.807, 2.05) is 0 Å². The molecule has 0 aliphatic carbocycles. The lowest BCUT2D eigenvalue weighted by molar-refractivity contribution is 0.773. The minimum absolute atomic E-state index is 0.739. The van der Waals surface area contributed by atoms with Gasteiger partial charge in [-0.3, -0.25) is 0 Å². The molecule has 105 valence electrons. The molecule has 0 aliphatic rings. The van der Waals surface area contributed by atoms with Crippen molar-refractivity contribution in [2.45, 2.75) is 58.2 Å². The quantitative estimate of drug-likeness (QED) is 0.633. The second-order valence-electron chi connectivity index (χ2n) is 6.60. The molecular weight excluding hydrogens is 246 g/mol. The number of hydrogen-bond donors (Lipinski definition) is 0. The van der Waals surface area contributed by atoms with Crippen molar-refractivity contribution in [2.75, 3.05) is 0 Å². The fourth-order valence-corrected chi connectivity index (χ4v) is 10.9. The van der Waals surface area contributed by atoms with Gasteiger partial charge in [-0.1, -0.05) is 59.7 Å². The molecule has 2 rings (SSSR count). The number of hydrogen-bond acceptors (Lipinski definition) is 0. The molecule has 0 aliphatic heterocycles. The van der Waals surface area contributed by atoms with E-state index in [2.05, 4.69) is 82.3 Å². The topological polar surface area (TPSA) is 4.93 Å². The molecule has 0 spiro atoms. The molecule has 1 heterocycles. The number of para-hydroxylation sites is 1. The highest BCUT2D eigenvalue weighted by Crippen LogP contribution is 2.44. The van der Waals surface area contributed by atoms with Gasteiger partial charge in [0.05, 0.1) is 0 Å². The molecule has 0 saturated heterocycles. The van der Waals surface area contributed by atoms with E-state index in [0.29, 0.717) is 0 Å². The molecule has 0 bridgehead atoms. The Balaban J connectivity index is 2.74. The number of fused-ring (bicyclic) bond motifs is 1. The van der Waals surface area contributed by atoms with E-state index in [9.17, 15) is 0 Å². The Kier molecular flexibility index (Phi) is 3.91. The van der Waals surface area contributed by atoms with E-state index in [-0.39, 0.29) is 0 Å². The molecule has 2 heteroatoms. The van der Waals surface area contributed by atoms with Crippen LogP contribution in [0.4, 0.5) is 0 Å². The van der Waals surface area contributed by atoms with Gasteiger partial charge in [0.1, 0.15) is 0 Å². The lowest BCUT2D eigenvalue weighted by Crippen LogP contribution is -2.51. The second-order valence-corrected chi connectivity index (χ2v) is 12.3. The lowest BCUT2D eigenvalue weighted by Gasteiger charge is -2.56. The fraction of sp³-hybridized carbons (Fsp3) is 0.529. The van der Waals surface area contributed by atoms with Gasteiger partial charge in [0, 0.05) is 5.52 Å². The van der Waals surface area contributed by atoms with Gasteiger partial charge < -0.3 is 4.23 Å². The molecule has 0 saturated carbocycles. The lowest BCUT2D eigenvalue weighted by atomic mass is 10.3. The largest absolute Gasteiger partial charge is 0.499 e. The van der Waals surface area contributed by atoms with Crippen LogP contribution in [-0.2, 0) is 0 Å². The zero-order chi connectivity index (χ0) is 14.2. The first kappa shape index (κ1) is 14.4. The molecule has 1 nitrogen and oxygen atoms in total. The summed E-state index contributed by atoms with van der Waals surface area (Å²) in [6.45, 7) is 14.5. The van der Waals surface area contributed by atoms with Gasteiger partial charge in [-0.25, -0.2) is 0 Å². The minimum atomic E-state index is -1.60. The zero-order valence-corrected chi connectivity index (χ0v) is 14.1. The van der Waals surface area contributed by atoms with E-state index >= 15 is 0 Å². The van der Waals surface area contributed by atoms with Crippen LogP contribution in [0.15, 0.2) is 36.5 Å². The van der Waals surface area contributed by atoms with Crippen LogP contribution < -0.4 is 0 Å². The van der Waals surface area contributed by atoms with Gasteiger partial charge in [0.25, 0.3) is 0 Å². The van der Waals surface area contributed by atoms with Gasteiger partial charge in [-0.05, 0) is 32.0 Å². The number of aromatic nitrogens is 1. The highest BCUT2D eigenvalue weighted by atomic mass is 28.3. The molecule has 0 unspecified atom stereocenters. The van der Waals surface area contributed by atoms with Crippen LogP contribution in [0, 0.1) is 0 Å². The van der Waals surface area contributed by atoms with Crippen molar-refractivity contribution < 1.29 is 0 Å². The normalized spacial score (nSPS) is 13.1. The van der Waals surface area contributed by atoms with Crippen LogP contribution in [-0.4, -0.2) is 12.5 Å². The van der Waals surface area contributed by atoms with E-state index < -0.39 is 8.24 Å². The first-order valence-electron chi connectivity index (χ1n) is 7.48. The van der Waals surface area contributed by atoms with Gasteiger partial charge >= 0.3 is 0 Å². The average molecular weight is 273 g/mol. The second kappa shape index (κ2) is 5.16. The van der Waals surface area contributed by atoms with Crippen molar-refractivity contribution in [1.29, 1.82) is 0 Å². The van der Waals surface area contributed by atoms with Crippen LogP contribution in [0.1, 0.15) is 41.5 Å². The summed E-state index contributed by atoms with van der Waals surface area (Å²) in [5.41, 5.74) is 3.64. The van der Waals surface area contributed by atoms with Crippen molar-refractivity contribution >= 4 is 19.1 Å². The molecule has 0 N–H and O–H groups in total. The van der Waals surface area contributed by atoms with Gasteiger partial charge in [0.15, 0.2) is 0 Å². The van der Waals surface area contributed by atoms with Crippen molar-refractivity contribution in [3.05, 3.63) is 36.5 Å². The Morgan fingerprint density at radius 2 is 1.32 bits per heavy atom. The predicted octanol–water partition coefficient (Wildman–Crippen LogP) is 5.66. The number of benzene rings is 1. The van der Waals surface area contributed by atoms with E-state index in [4.69, 9.17) is 0 Å². The Labute approximate surface area is 118 Å². The molecule has 0 amide bonds. The highest BCUT2D eigenvalue weighted by molar-refractivity contribution is 6.82. The van der Waals surface area contributed by atoms with Crippen LogP contribution in [0.5, 0.6) is 0 Å². The predicted molar refractivity (Wildman–Crippen MR) is 88.4 cm³/mol. The molecule has 1 aromatic carbocycles. The third-order valence-electron chi connectivity index (χ3n) is 4.79. The first-order chi connectivity index (χ1) is 8.92. The summed E-state index contributed by atoms with van der Waals surface area (Å²) in [7, 11) is -1.60. The third kappa shape index (κ3) is 2.06. The summed E-state index contributed by atoms with van der Waals surface area (Å²) >= 11 is 0. The van der Waals surface area contributed by atoms with Crippen molar-refractivity contribution in [3.8, 4) is 0 Å². The van der Waals surface area contributed by atoms with E-state index in [1.54, 1.807) is 0 Å². The summed E-state index contributed by atoms with van der Waals surface area (Å²) in [5.74, 6) is 0. The molecule has 2 aromatic rings. The molecule has 0 radical (unpaired) electrons. The summed E-state index contributed by atoms with van der Waals surface area (Å²) in [4.78, 5) is 0. The zero-order valence-electron chi connectivity index (χ0n) is 13.1. The fourth-order valence-electron chi connectivity index (χ4n) is 4.26. The third-order valence-corrected chi connectivity index (χ3v) is 11.6. The maximum atomic E-state index is 2.67. The van der Waals surface area contributed by atoms with Crippen molar-refractivity contribution in [3.63, 3.8) is 0 Å². The number of rotatable bonds is 4. The molecule has 0 atom stereocenters. The summed E-state index contributed by atoms with van der Waals surface area (Å²) < 4.78 is 2.67. The van der Waals surface area contributed by atoms with Gasteiger partial charge in [-0.2, -0.15) is 0 Å². The Hall–Kier alpha value is -1.02. The Morgan fingerprint density at radius 3 is 1.84 bits per heavy atom. The SMILES string of the molecule is CC(C)[Si-](C(C)C)(C(C)C)n1ccc2ccccc21. The summed E-state index contributed by atoms with van der Waals surface area (Å²) in [6.07, 6.45) is 2.34. The molecule has 1 aromatic heterocycles. The molecule has 19 heavy (non-hydrogen) atoms. The maximum Gasteiger partial charge on any atom is 0.0118 e. The van der Waals surface area contributed by atoms with Crippen molar-refractivity contribution in [1.82, 2.24) is 4.23 Å².